The van der Waals surface area contributed by atoms with Crippen LogP contribution >= 0.6 is 11.3 Å². The number of hydrogen-bond donors (Lipinski definition) is 3. The van der Waals surface area contributed by atoms with Gasteiger partial charge in [-0.25, -0.2) is 10.8 Å². The summed E-state index contributed by atoms with van der Waals surface area (Å²) < 4.78 is 0. The molecule has 0 aliphatic rings. The molecule has 0 saturated carbocycles. The van der Waals surface area contributed by atoms with Crippen molar-refractivity contribution in [3.05, 3.63) is 11.4 Å². The maximum absolute atomic E-state index is 5.41. The first kappa shape index (κ1) is 14.0. The Hall–Kier alpha value is -1.40. The molecule has 2 atom stereocenters. The van der Waals surface area contributed by atoms with Crippen LogP contribution in [0.15, 0.2) is 11.4 Å². The minimum absolute atomic E-state index is 0.374. The monoisotopic (exact) mass is 279 g/mol. The number of anilines is 2. The first-order valence-corrected chi connectivity index (χ1v) is 7.50. The molecular formula is C13H21N5S. The number of nitrogen functional groups attached to an aromatic ring is 1. The van der Waals surface area contributed by atoms with Crippen LogP contribution in [0.2, 0.25) is 0 Å². The maximum atomic E-state index is 5.41. The molecule has 2 unspecified atom stereocenters. The van der Waals surface area contributed by atoms with Crippen LogP contribution in [0.1, 0.15) is 33.6 Å². The molecule has 6 heteroatoms. The Morgan fingerprint density at radius 2 is 2.16 bits per heavy atom. The minimum atomic E-state index is 0.374. The highest BCUT2D eigenvalue weighted by Crippen LogP contribution is 2.27. The number of thiophene rings is 1. The molecule has 19 heavy (non-hydrogen) atoms. The summed E-state index contributed by atoms with van der Waals surface area (Å²) in [6.45, 7) is 6.67. The van der Waals surface area contributed by atoms with Gasteiger partial charge in [0.25, 0.3) is 0 Å². The number of hydrogen-bond acceptors (Lipinski definition) is 6. The molecule has 2 aromatic rings. The Bertz CT molecular complexity index is 539. The van der Waals surface area contributed by atoms with Gasteiger partial charge in [-0.05, 0) is 30.7 Å². The molecule has 0 aliphatic heterocycles. The second-order valence-electron chi connectivity index (χ2n) is 4.97. The third-order valence-electron chi connectivity index (χ3n) is 3.29. The van der Waals surface area contributed by atoms with Crippen molar-refractivity contribution in [2.45, 2.75) is 39.7 Å². The summed E-state index contributed by atoms with van der Waals surface area (Å²) in [4.78, 5) is 9.69. The molecule has 2 rings (SSSR count). The first-order valence-electron chi connectivity index (χ1n) is 6.62. The number of nitrogens with one attached hydrogen (secondary N) is 2. The third kappa shape index (κ3) is 3.33. The lowest BCUT2D eigenvalue weighted by molar-refractivity contribution is 0.483. The predicted molar refractivity (Wildman–Crippen MR) is 82.4 cm³/mol. The number of rotatable bonds is 6. The first-order chi connectivity index (χ1) is 9.13. The molecule has 5 nitrogen and oxygen atoms in total. The van der Waals surface area contributed by atoms with E-state index in [1.807, 2.05) is 11.4 Å². The topological polar surface area (TPSA) is 75.9 Å². The van der Waals surface area contributed by atoms with Gasteiger partial charge in [0.05, 0.1) is 5.39 Å². The standard InChI is InChI=1S/C13H21N5S/c1-4-8(2)7-9(3)15-11-10-5-6-19-12(10)17-13(16-11)18-14/h5-6,8-9H,4,7,14H2,1-3H3,(H2,15,16,17,18). The van der Waals surface area contributed by atoms with E-state index in [1.165, 1.54) is 6.42 Å². The summed E-state index contributed by atoms with van der Waals surface area (Å²) in [7, 11) is 0. The van der Waals surface area contributed by atoms with Gasteiger partial charge in [-0.15, -0.1) is 11.3 Å². The average Bonchev–Trinajstić information content (AvgIpc) is 2.86. The van der Waals surface area contributed by atoms with Gasteiger partial charge in [0.2, 0.25) is 5.95 Å². The Kier molecular flexibility index (Phi) is 4.55. The van der Waals surface area contributed by atoms with E-state index in [2.05, 4.69) is 41.5 Å². The van der Waals surface area contributed by atoms with Gasteiger partial charge in [-0.1, -0.05) is 20.3 Å². The number of nitrogens with zero attached hydrogens (tertiary/aromatic N) is 2. The van der Waals surface area contributed by atoms with Crippen LogP contribution < -0.4 is 16.6 Å². The van der Waals surface area contributed by atoms with Crippen molar-refractivity contribution in [1.82, 2.24) is 9.97 Å². The van der Waals surface area contributed by atoms with Crippen molar-refractivity contribution in [3.8, 4) is 0 Å². The summed E-state index contributed by atoms with van der Waals surface area (Å²) in [6.07, 6.45) is 2.32. The molecule has 2 aromatic heterocycles. The van der Waals surface area contributed by atoms with Crippen LogP contribution in [0.25, 0.3) is 10.2 Å². The van der Waals surface area contributed by atoms with Crippen molar-refractivity contribution < 1.29 is 0 Å². The molecule has 0 fully saturated rings. The van der Waals surface area contributed by atoms with Crippen LogP contribution in [0.5, 0.6) is 0 Å². The summed E-state index contributed by atoms with van der Waals surface area (Å²) >= 11 is 1.59. The molecule has 0 bridgehead atoms. The van der Waals surface area contributed by atoms with E-state index < -0.39 is 0 Å². The van der Waals surface area contributed by atoms with E-state index in [0.717, 1.165) is 22.5 Å². The van der Waals surface area contributed by atoms with E-state index in [4.69, 9.17) is 5.84 Å². The predicted octanol–water partition coefficient (Wildman–Crippen LogP) is 3.21. The molecule has 0 radical (unpaired) electrons. The third-order valence-corrected chi connectivity index (χ3v) is 4.10. The zero-order chi connectivity index (χ0) is 13.8. The lowest BCUT2D eigenvalue weighted by Crippen LogP contribution is -2.20. The summed E-state index contributed by atoms with van der Waals surface area (Å²) in [5.74, 6) is 7.43. The lowest BCUT2D eigenvalue weighted by Gasteiger charge is -2.18. The molecule has 0 saturated heterocycles. The molecule has 0 aromatic carbocycles. The summed E-state index contributed by atoms with van der Waals surface area (Å²) in [5, 5.41) is 6.54. The van der Waals surface area contributed by atoms with Crippen LogP contribution in [-0.2, 0) is 0 Å². The van der Waals surface area contributed by atoms with Gasteiger partial charge >= 0.3 is 0 Å². The zero-order valence-electron chi connectivity index (χ0n) is 11.6. The van der Waals surface area contributed by atoms with E-state index in [9.17, 15) is 0 Å². The van der Waals surface area contributed by atoms with Crippen molar-refractivity contribution in [3.63, 3.8) is 0 Å². The number of fused-ring (bicyclic) bond motifs is 1. The molecular weight excluding hydrogens is 258 g/mol. The van der Waals surface area contributed by atoms with Gasteiger partial charge in [-0.3, -0.25) is 5.43 Å². The van der Waals surface area contributed by atoms with Gasteiger partial charge < -0.3 is 5.32 Å². The van der Waals surface area contributed by atoms with Crippen molar-refractivity contribution in [1.29, 1.82) is 0 Å². The number of nitrogens with two attached hydrogens (primary N) is 1. The molecule has 4 N–H and O–H groups in total. The Morgan fingerprint density at radius 1 is 1.37 bits per heavy atom. The van der Waals surface area contributed by atoms with E-state index in [1.54, 1.807) is 11.3 Å². The maximum Gasteiger partial charge on any atom is 0.240 e. The van der Waals surface area contributed by atoms with Crippen molar-refractivity contribution in [2.75, 3.05) is 10.7 Å². The van der Waals surface area contributed by atoms with E-state index >= 15 is 0 Å². The second-order valence-corrected chi connectivity index (χ2v) is 5.87. The fourth-order valence-corrected chi connectivity index (χ4v) is 2.86. The van der Waals surface area contributed by atoms with Gasteiger partial charge in [0.15, 0.2) is 0 Å². The minimum Gasteiger partial charge on any atom is -0.367 e. The average molecular weight is 279 g/mol. The quantitative estimate of drug-likeness (QED) is 0.559. The van der Waals surface area contributed by atoms with E-state index in [0.29, 0.717) is 17.9 Å². The fourth-order valence-electron chi connectivity index (χ4n) is 2.09. The molecule has 0 aliphatic carbocycles. The highest BCUT2D eigenvalue weighted by Gasteiger charge is 2.12. The summed E-state index contributed by atoms with van der Waals surface area (Å²) in [5.41, 5.74) is 2.52. The van der Waals surface area contributed by atoms with Crippen molar-refractivity contribution >= 4 is 33.3 Å². The second kappa shape index (κ2) is 6.16. The van der Waals surface area contributed by atoms with Gasteiger partial charge in [0.1, 0.15) is 10.6 Å². The molecule has 0 spiro atoms. The highest BCUT2D eigenvalue weighted by atomic mass is 32.1. The van der Waals surface area contributed by atoms with Gasteiger partial charge in [-0.2, -0.15) is 4.98 Å². The molecule has 2 heterocycles. The normalized spacial score (nSPS) is 14.3. The SMILES string of the molecule is CCC(C)CC(C)Nc1nc(NN)nc2sccc12. The zero-order valence-corrected chi connectivity index (χ0v) is 12.4. The highest BCUT2D eigenvalue weighted by molar-refractivity contribution is 7.16. The largest absolute Gasteiger partial charge is 0.367 e. The Labute approximate surface area is 117 Å². The fraction of sp³-hybridized carbons (Fsp3) is 0.538. The Morgan fingerprint density at radius 3 is 2.84 bits per heavy atom. The van der Waals surface area contributed by atoms with Crippen molar-refractivity contribution in [2.24, 2.45) is 11.8 Å². The smallest absolute Gasteiger partial charge is 0.240 e. The van der Waals surface area contributed by atoms with Crippen LogP contribution in [-0.4, -0.2) is 16.0 Å². The van der Waals surface area contributed by atoms with Gasteiger partial charge in [0, 0.05) is 6.04 Å². The van der Waals surface area contributed by atoms with Crippen LogP contribution in [0, 0.1) is 5.92 Å². The van der Waals surface area contributed by atoms with Crippen LogP contribution in [0.3, 0.4) is 0 Å². The molecule has 0 amide bonds. The molecule has 104 valence electrons. The number of hydrazine groups is 1. The van der Waals surface area contributed by atoms with E-state index in [-0.39, 0.29) is 0 Å². The Balaban J connectivity index is 2.21. The lowest BCUT2D eigenvalue weighted by atomic mass is 10.0. The number of aromatic nitrogens is 2. The van der Waals surface area contributed by atoms with Crippen LogP contribution in [0.4, 0.5) is 11.8 Å². The summed E-state index contributed by atoms with van der Waals surface area (Å²) in [6, 6.07) is 2.41.